The Hall–Kier alpha value is -2.46. The molecule has 0 unspecified atom stereocenters. The summed E-state index contributed by atoms with van der Waals surface area (Å²) in [5.74, 6) is 0.284. The van der Waals surface area contributed by atoms with Gasteiger partial charge in [0, 0.05) is 35.3 Å². The third kappa shape index (κ3) is 5.75. The Kier molecular flexibility index (Phi) is 7.09. The van der Waals surface area contributed by atoms with Crippen LogP contribution in [-0.4, -0.2) is 42.8 Å². The van der Waals surface area contributed by atoms with E-state index in [0.717, 1.165) is 48.4 Å². The number of nitrogens with one attached hydrogen (secondary N) is 2. The minimum absolute atomic E-state index is 0.0415. The van der Waals surface area contributed by atoms with Crippen LogP contribution in [0.15, 0.2) is 29.3 Å². The van der Waals surface area contributed by atoms with Crippen LogP contribution in [0.1, 0.15) is 76.1 Å². The first-order chi connectivity index (χ1) is 17.2. The topological polar surface area (TPSA) is 114 Å². The van der Waals surface area contributed by atoms with Gasteiger partial charge in [-0.25, -0.2) is 18.2 Å². The third-order valence-corrected chi connectivity index (χ3v) is 10.5. The van der Waals surface area contributed by atoms with E-state index >= 15 is 0 Å². The minimum atomic E-state index is -3.48. The first-order valence-corrected chi connectivity index (χ1v) is 15.2. The van der Waals surface area contributed by atoms with Gasteiger partial charge in [0.15, 0.2) is 9.84 Å². The summed E-state index contributed by atoms with van der Waals surface area (Å²) in [5.41, 5.74) is 1.18. The fourth-order valence-electron chi connectivity index (χ4n) is 4.69. The Morgan fingerprint density at radius 1 is 1.06 bits per heavy atom. The van der Waals surface area contributed by atoms with E-state index in [4.69, 9.17) is 4.74 Å². The van der Waals surface area contributed by atoms with E-state index in [1.165, 1.54) is 11.3 Å². The fraction of sp³-hybridized carbons (Fsp3) is 0.577. The van der Waals surface area contributed by atoms with Crippen LogP contribution in [0, 0.1) is 5.92 Å². The summed E-state index contributed by atoms with van der Waals surface area (Å²) in [6.45, 7) is 3.66. The number of benzene rings is 1. The first kappa shape index (κ1) is 25.2. The highest BCUT2D eigenvalue weighted by Gasteiger charge is 2.39. The number of alkyl carbamates (subject to hydrolysis) is 1. The smallest absolute Gasteiger partial charge is 0.407 e. The van der Waals surface area contributed by atoms with E-state index in [1.807, 2.05) is 13.8 Å². The van der Waals surface area contributed by atoms with Crippen LogP contribution < -0.4 is 10.6 Å². The number of carbonyl (C=O) groups excluding carboxylic acids is 2. The van der Waals surface area contributed by atoms with Crippen molar-refractivity contribution in [3.63, 3.8) is 0 Å². The van der Waals surface area contributed by atoms with E-state index in [1.54, 1.807) is 24.4 Å². The SMILES string of the molecule is CC(C)OC(=O)NC1CCC(c2ncc(-c3ccc(NC(=O)C4CC4)cc3S(=O)(=O)C3CC3)s2)CC1. The highest BCUT2D eigenvalue weighted by molar-refractivity contribution is 7.92. The number of hydrogen-bond acceptors (Lipinski definition) is 7. The van der Waals surface area contributed by atoms with Crippen molar-refractivity contribution in [2.45, 2.75) is 93.4 Å². The average Bonchev–Trinajstić information content (AvgIpc) is 3.76. The molecule has 1 aromatic heterocycles. The van der Waals surface area contributed by atoms with Gasteiger partial charge in [0.1, 0.15) is 0 Å². The lowest BCUT2D eigenvalue weighted by molar-refractivity contribution is -0.117. The second-order valence-electron chi connectivity index (χ2n) is 10.4. The summed E-state index contributed by atoms with van der Waals surface area (Å²) in [6, 6.07) is 5.31. The number of rotatable bonds is 8. The molecule has 3 fully saturated rings. The van der Waals surface area contributed by atoms with Crippen molar-refractivity contribution in [2.75, 3.05) is 5.32 Å². The molecule has 3 aliphatic rings. The number of anilines is 1. The zero-order chi connectivity index (χ0) is 25.4. The standard InChI is InChI=1S/C26H33N3O5S2/c1-15(2)34-26(31)29-18-7-5-17(6-8-18)25-27-14-22(35-25)21-12-9-19(28-24(30)16-3-4-16)13-23(21)36(32,33)20-10-11-20/h9,12-18,20H,3-8,10-11H2,1-2H3,(H,28,30)(H,29,31). The molecule has 10 heteroatoms. The molecule has 3 saturated carbocycles. The van der Waals surface area contributed by atoms with Crippen LogP contribution in [0.5, 0.6) is 0 Å². The predicted molar refractivity (Wildman–Crippen MR) is 139 cm³/mol. The van der Waals surface area contributed by atoms with Crippen molar-refractivity contribution in [3.8, 4) is 10.4 Å². The lowest BCUT2D eigenvalue weighted by Gasteiger charge is -2.28. The zero-order valence-electron chi connectivity index (χ0n) is 20.7. The van der Waals surface area contributed by atoms with E-state index in [2.05, 4.69) is 15.6 Å². The highest BCUT2D eigenvalue weighted by Crippen LogP contribution is 2.43. The van der Waals surface area contributed by atoms with Crippen LogP contribution in [0.25, 0.3) is 10.4 Å². The Balaban J connectivity index is 1.31. The normalized spacial score (nSPS) is 22.3. The number of aromatic nitrogens is 1. The van der Waals surface area contributed by atoms with Gasteiger partial charge in [-0.05, 0) is 77.3 Å². The number of ether oxygens (including phenoxy) is 1. The molecule has 1 aromatic carbocycles. The number of amides is 2. The summed E-state index contributed by atoms with van der Waals surface area (Å²) >= 11 is 1.54. The predicted octanol–water partition coefficient (Wildman–Crippen LogP) is 5.26. The molecule has 0 bridgehead atoms. The van der Waals surface area contributed by atoms with Crippen molar-refractivity contribution in [2.24, 2.45) is 5.92 Å². The van der Waals surface area contributed by atoms with E-state index in [0.29, 0.717) is 24.1 Å². The monoisotopic (exact) mass is 531 g/mol. The summed E-state index contributed by atoms with van der Waals surface area (Å²) in [7, 11) is -3.48. The van der Waals surface area contributed by atoms with Crippen molar-refractivity contribution < 1.29 is 22.7 Å². The maximum atomic E-state index is 13.3. The number of thiazole rings is 1. The number of nitrogens with zero attached hydrogens (tertiary/aromatic N) is 1. The maximum absolute atomic E-state index is 13.3. The summed E-state index contributed by atoms with van der Waals surface area (Å²) < 4.78 is 31.8. The molecule has 0 atom stereocenters. The molecule has 194 valence electrons. The molecule has 36 heavy (non-hydrogen) atoms. The Labute approximate surface area is 216 Å². The molecule has 5 rings (SSSR count). The lowest BCUT2D eigenvalue weighted by atomic mass is 9.86. The fourth-order valence-corrected chi connectivity index (χ4v) is 7.77. The number of carbonyl (C=O) groups is 2. The maximum Gasteiger partial charge on any atom is 0.407 e. The summed E-state index contributed by atoms with van der Waals surface area (Å²) in [4.78, 5) is 29.9. The third-order valence-electron chi connectivity index (χ3n) is 7.00. The second kappa shape index (κ2) is 10.1. The van der Waals surface area contributed by atoms with Gasteiger partial charge in [-0.1, -0.05) is 6.07 Å². The van der Waals surface area contributed by atoms with Crippen molar-refractivity contribution >= 4 is 38.9 Å². The molecule has 0 saturated heterocycles. The molecule has 8 nitrogen and oxygen atoms in total. The van der Waals surface area contributed by atoms with Crippen LogP contribution in [0.2, 0.25) is 0 Å². The van der Waals surface area contributed by atoms with Gasteiger partial charge in [-0.3, -0.25) is 4.79 Å². The molecule has 2 aromatic rings. The Morgan fingerprint density at radius 2 is 1.78 bits per heavy atom. The zero-order valence-corrected chi connectivity index (χ0v) is 22.3. The molecular formula is C26H33N3O5S2. The van der Waals surface area contributed by atoms with Crippen molar-refractivity contribution in [1.29, 1.82) is 0 Å². The van der Waals surface area contributed by atoms with Gasteiger partial charge in [-0.2, -0.15) is 0 Å². The van der Waals surface area contributed by atoms with Crippen LogP contribution in [0.3, 0.4) is 0 Å². The lowest BCUT2D eigenvalue weighted by Crippen LogP contribution is -2.38. The molecular weight excluding hydrogens is 498 g/mol. The van der Waals surface area contributed by atoms with Crippen LogP contribution in [-0.2, 0) is 19.4 Å². The van der Waals surface area contributed by atoms with Gasteiger partial charge in [0.05, 0.1) is 26.1 Å². The first-order valence-electron chi connectivity index (χ1n) is 12.8. The van der Waals surface area contributed by atoms with Gasteiger partial charge >= 0.3 is 6.09 Å². The molecule has 2 N–H and O–H groups in total. The summed E-state index contributed by atoms with van der Waals surface area (Å²) in [5, 5.41) is 6.48. The van der Waals surface area contributed by atoms with Gasteiger partial charge in [0.2, 0.25) is 5.91 Å². The molecule has 3 aliphatic carbocycles. The van der Waals surface area contributed by atoms with Crippen molar-refractivity contribution in [1.82, 2.24) is 10.3 Å². The van der Waals surface area contributed by atoms with E-state index in [9.17, 15) is 18.0 Å². The minimum Gasteiger partial charge on any atom is -0.447 e. The van der Waals surface area contributed by atoms with Gasteiger partial charge in [-0.15, -0.1) is 11.3 Å². The van der Waals surface area contributed by atoms with Crippen molar-refractivity contribution in [3.05, 3.63) is 29.4 Å². The van der Waals surface area contributed by atoms with Gasteiger partial charge < -0.3 is 15.4 Å². The van der Waals surface area contributed by atoms with Crippen LogP contribution in [0.4, 0.5) is 10.5 Å². The quantitative estimate of drug-likeness (QED) is 0.481. The molecule has 1 heterocycles. The Bertz CT molecular complexity index is 1240. The second-order valence-corrected chi connectivity index (χ2v) is 13.7. The highest BCUT2D eigenvalue weighted by atomic mass is 32.2. The van der Waals surface area contributed by atoms with Crippen LogP contribution >= 0.6 is 11.3 Å². The largest absolute Gasteiger partial charge is 0.447 e. The number of sulfone groups is 1. The average molecular weight is 532 g/mol. The molecule has 0 aliphatic heterocycles. The molecule has 2 amide bonds. The number of hydrogen-bond donors (Lipinski definition) is 2. The van der Waals surface area contributed by atoms with Gasteiger partial charge in [0.25, 0.3) is 0 Å². The van der Waals surface area contributed by atoms with E-state index < -0.39 is 9.84 Å². The molecule has 0 spiro atoms. The van der Waals surface area contributed by atoms with E-state index in [-0.39, 0.29) is 46.1 Å². The molecule has 0 radical (unpaired) electrons. The Morgan fingerprint density at radius 3 is 2.42 bits per heavy atom. The summed E-state index contributed by atoms with van der Waals surface area (Å²) in [6.07, 6.45) is 7.89.